The molecule has 2 aliphatic heterocycles. The first-order valence-electron chi connectivity index (χ1n) is 8.57. The molecule has 2 heterocycles. The predicted octanol–water partition coefficient (Wildman–Crippen LogP) is 2.08. The Balaban J connectivity index is 1.88. The molecule has 0 aromatic heterocycles. The van der Waals surface area contributed by atoms with Crippen LogP contribution < -0.4 is 0 Å². The fourth-order valence-corrected chi connectivity index (χ4v) is 4.07. The number of rotatable bonds is 2. The zero-order valence-electron chi connectivity index (χ0n) is 15.2. The fraction of sp³-hybridized carbons (Fsp3) is 0.882. The number of hydrogen-bond donors (Lipinski definition) is 0. The molecule has 2 saturated heterocycles. The number of carbonyl (C=O) groups excluding carboxylic acids is 2. The summed E-state index contributed by atoms with van der Waals surface area (Å²) in [6.45, 7) is 11.1. The Hall–Kier alpha value is -1.34. The first kappa shape index (κ1) is 17.5. The Bertz CT molecular complexity index is 540. The lowest BCUT2D eigenvalue weighted by molar-refractivity contribution is -0.158. The van der Waals surface area contributed by atoms with E-state index in [1.807, 2.05) is 13.8 Å². The van der Waals surface area contributed by atoms with Crippen LogP contribution in [0.4, 0.5) is 4.79 Å². The Morgan fingerprint density at radius 2 is 1.83 bits per heavy atom. The number of carbonyl (C=O) groups is 2. The van der Waals surface area contributed by atoms with Crippen LogP contribution in [0, 0.1) is 5.92 Å². The van der Waals surface area contributed by atoms with Gasteiger partial charge in [0.15, 0.2) is 5.79 Å². The summed E-state index contributed by atoms with van der Waals surface area (Å²) in [5, 5.41) is 0. The van der Waals surface area contributed by atoms with E-state index in [1.54, 1.807) is 27.7 Å². The molecule has 3 unspecified atom stereocenters. The Labute approximate surface area is 142 Å². The van der Waals surface area contributed by atoms with Crippen molar-refractivity contribution in [3.63, 3.8) is 0 Å². The quantitative estimate of drug-likeness (QED) is 0.716. The molecule has 0 N–H and O–H groups in total. The van der Waals surface area contributed by atoms with Crippen molar-refractivity contribution in [1.29, 1.82) is 0 Å². The summed E-state index contributed by atoms with van der Waals surface area (Å²) in [6.07, 6.45) is -0.269. The van der Waals surface area contributed by atoms with Gasteiger partial charge in [0.25, 0.3) is 0 Å². The lowest BCUT2D eigenvalue weighted by Gasteiger charge is -2.38. The van der Waals surface area contributed by atoms with E-state index >= 15 is 0 Å². The highest BCUT2D eigenvalue weighted by molar-refractivity contribution is 5.83. The van der Waals surface area contributed by atoms with Gasteiger partial charge in [0.1, 0.15) is 17.7 Å². The van der Waals surface area contributed by atoms with Crippen molar-refractivity contribution in [2.24, 2.45) is 5.92 Å². The topological polar surface area (TPSA) is 74.3 Å². The normalized spacial score (nSPS) is 36.6. The summed E-state index contributed by atoms with van der Waals surface area (Å²) >= 11 is 0. The zero-order chi connectivity index (χ0) is 17.9. The highest BCUT2D eigenvalue weighted by Crippen LogP contribution is 2.51. The average molecular weight is 341 g/mol. The predicted molar refractivity (Wildman–Crippen MR) is 84.2 cm³/mol. The van der Waals surface area contributed by atoms with Crippen molar-refractivity contribution in [2.45, 2.75) is 83.6 Å². The third kappa shape index (κ3) is 2.88. The third-order valence-electron chi connectivity index (χ3n) is 4.67. The first-order valence-corrected chi connectivity index (χ1v) is 8.57. The SMILES string of the molecule is CCOC(=O)[C@@H]1C2CC(C3OC(C)(C)O[C@H]32)N1C(=O)OC(C)(C)C. The van der Waals surface area contributed by atoms with Gasteiger partial charge >= 0.3 is 12.1 Å². The number of piperidine rings is 1. The highest BCUT2D eigenvalue weighted by atomic mass is 16.8. The second-order valence-corrected chi connectivity index (χ2v) is 8.12. The number of amides is 1. The van der Waals surface area contributed by atoms with Crippen molar-refractivity contribution in [1.82, 2.24) is 4.90 Å². The second kappa shape index (κ2) is 5.59. The molecule has 7 nitrogen and oxygen atoms in total. The number of ether oxygens (including phenoxy) is 4. The first-order chi connectivity index (χ1) is 11.0. The molecule has 1 aliphatic carbocycles. The molecule has 3 aliphatic rings. The van der Waals surface area contributed by atoms with Gasteiger partial charge in [-0.3, -0.25) is 4.90 Å². The Morgan fingerprint density at radius 3 is 2.42 bits per heavy atom. The fourth-order valence-electron chi connectivity index (χ4n) is 4.07. The van der Waals surface area contributed by atoms with Crippen LogP contribution in [-0.4, -0.2) is 59.2 Å². The van der Waals surface area contributed by atoms with E-state index in [9.17, 15) is 9.59 Å². The van der Waals surface area contributed by atoms with Crippen LogP contribution in [0.5, 0.6) is 0 Å². The summed E-state index contributed by atoms with van der Waals surface area (Å²) in [5.41, 5.74) is -0.635. The van der Waals surface area contributed by atoms with Crippen molar-refractivity contribution in [3.8, 4) is 0 Å². The van der Waals surface area contributed by atoms with E-state index in [1.165, 1.54) is 4.90 Å². The van der Waals surface area contributed by atoms with Gasteiger partial charge < -0.3 is 18.9 Å². The summed E-state index contributed by atoms with van der Waals surface area (Å²) in [4.78, 5) is 26.7. The standard InChI is InChI=1S/C17H27NO6/c1-7-21-14(19)11-9-8-10(13-12(9)22-17(5,6)23-13)18(11)15(20)24-16(2,3)4/h9-13H,7-8H2,1-6H3/t9?,10?,11-,12-,13?/m0/s1. The van der Waals surface area contributed by atoms with Gasteiger partial charge in [0, 0.05) is 5.92 Å². The second-order valence-electron chi connectivity index (χ2n) is 8.12. The molecule has 3 fully saturated rings. The smallest absolute Gasteiger partial charge is 0.411 e. The molecule has 0 aromatic carbocycles. The van der Waals surface area contributed by atoms with E-state index in [0.29, 0.717) is 6.42 Å². The minimum Gasteiger partial charge on any atom is -0.464 e. The van der Waals surface area contributed by atoms with Crippen molar-refractivity contribution in [2.75, 3.05) is 6.61 Å². The lowest BCUT2D eigenvalue weighted by Crippen LogP contribution is -2.58. The molecule has 2 bridgehead atoms. The number of hydrogen-bond acceptors (Lipinski definition) is 6. The van der Waals surface area contributed by atoms with Crippen LogP contribution in [0.15, 0.2) is 0 Å². The van der Waals surface area contributed by atoms with Crippen molar-refractivity contribution in [3.05, 3.63) is 0 Å². The molecule has 0 spiro atoms. The molecule has 24 heavy (non-hydrogen) atoms. The summed E-state index contributed by atoms with van der Waals surface area (Å²) in [5.74, 6) is -1.24. The Kier molecular flexibility index (Phi) is 4.07. The molecular weight excluding hydrogens is 314 g/mol. The van der Waals surface area contributed by atoms with Gasteiger partial charge in [-0.2, -0.15) is 0 Å². The highest BCUT2D eigenvalue weighted by Gasteiger charge is 2.67. The van der Waals surface area contributed by atoms with Crippen molar-refractivity contribution >= 4 is 12.1 Å². The molecule has 1 saturated carbocycles. The van der Waals surface area contributed by atoms with Crippen molar-refractivity contribution < 1.29 is 28.5 Å². The van der Waals surface area contributed by atoms with Crippen LogP contribution in [0.2, 0.25) is 0 Å². The maximum absolute atomic E-state index is 12.7. The molecule has 0 aromatic rings. The number of nitrogens with zero attached hydrogens (tertiary/aromatic N) is 1. The maximum atomic E-state index is 12.7. The van der Waals surface area contributed by atoms with Crippen LogP contribution in [0.3, 0.4) is 0 Å². The van der Waals surface area contributed by atoms with E-state index in [0.717, 1.165) is 0 Å². The lowest BCUT2D eigenvalue weighted by atomic mass is 9.95. The molecule has 0 radical (unpaired) electrons. The van der Waals surface area contributed by atoms with E-state index in [-0.39, 0.29) is 30.8 Å². The van der Waals surface area contributed by atoms with Crippen LogP contribution in [0.25, 0.3) is 0 Å². The minimum absolute atomic E-state index is 0.131. The third-order valence-corrected chi connectivity index (χ3v) is 4.67. The van der Waals surface area contributed by atoms with E-state index in [2.05, 4.69) is 0 Å². The number of esters is 1. The van der Waals surface area contributed by atoms with E-state index < -0.39 is 29.5 Å². The summed E-state index contributed by atoms with van der Waals surface area (Å²) < 4.78 is 22.7. The minimum atomic E-state index is -0.713. The zero-order valence-corrected chi connectivity index (χ0v) is 15.2. The number of fused-ring (bicyclic) bond motifs is 5. The van der Waals surface area contributed by atoms with Gasteiger partial charge in [0.05, 0.1) is 18.8 Å². The molecule has 7 heteroatoms. The maximum Gasteiger partial charge on any atom is 0.411 e. The molecular formula is C17H27NO6. The van der Waals surface area contributed by atoms with Crippen LogP contribution >= 0.6 is 0 Å². The van der Waals surface area contributed by atoms with Gasteiger partial charge in [-0.15, -0.1) is 0 Å². The largest absolute Gasteiger partial charge is 0.464 e. The van der Waals surface area contributed by atoms with E-state index in [4.69, 9.17) is 18.9 Å². The average Bonchev–Trinajstić information content (AvgIpc) is 3.02. The van der Waals surface area contributed by atoms with Crippen LogP contribution in [-0.2, 0) is 23.7 Å². The van der Waals surface area contributed by atoms with Gasteiger partial charge in [-0.05, 0) is 48.0 Å². The molecule has 5 atom stereocenters. The van der Waals surface area contributed by atoms with Gasteiger partial charge in [-0.1, -0.05) is 0 Å². The molecule has 136 valence electrons. The molecule has 3 rings (SSSR count). The van der Waals surface area contributed by atoms with Gasteiger partial charge in [-0.25, -0.2) is 9.59 Å². The summed E-state index contributed by atoms with van der Waals surface area (Å²) in [7, 11) is 0. The molecule has 1 amide bonds. The Morgan fingerprint density at radius 1 is 1.21 bits per heavy atom. The monoisotopic (exact) mass is 341 g/mol. The number of likely N-dealkylation sites (tertiary alicyclic amines) is 1. The summed E-state index contributed by atoms with van der Waals surface area (Å²) in [6, 6.07) is -0.908. The van der Waals surface area contributed by atoms with Crippen LogP contribution in [0.1, 0.15) is 48.0 Å². The van der Waals surface area contributed by atoms with Gasteiger partial charge in [0.2, 0.25) is 0 Å².